The number of rotatable bonds is 8. The number of anilines is 1. The Morgan fingerprint density at radius 2 is 2.12 bits per heavy atom. The Morgan fingerprint density at radius 1 is 1.28 bits per heavy atom. The third-order valence-electron chi connectivity index (χ3n) is 6.34. The molecule has 168 valence electrons. The molecule has 3 aromatic heterocycles. The third kappa shape index (κ3) is 4.02. The van der Waals surface area contributed by atoms with E-state index in [9.17, 15) is 4.79 Å². The molecule has 1 amide bonds. The van der Waals surface area contributed by atoms with Crippen LogP contribution in [0.1, 0.15) is 25.7 Å². The molecule has 0 spiro atoms. The van der Waals surface area contributed by atoms with Crippen molar-refractivity contribution in [1.29, 1.82) is 0 Å². The van der Waals surface area contributed by atoms with Crippen LogP contribution in [0.2, 0.25) is 0 Å². The van der Waals surface area contributed by atoms with E-state index in [2.05, 4.69) is 25.2 Å². The fourth-order valence-corrected chi connectivity index (χ4v) is 4.33. The maximum Gasteiger partial charge on any atom is 0.228 e. The van der Waals surface area contributed by atoms with Crippen molar-refractivity contribution in [3.05, 3.63) is 30.6 Å². The summed E-state index contributed by atoms with van der Waals surface area (Å²) in [6, 6.07) is 5.70. The number of nitrogens with one attached hydrogen (secondary N) is 2. The second kappa shape index (κ2) is 8.43. The molecular weight excluding hydrogens is 406 g/mol. The van der Waals surface area contributed by atoms with E-state index in [0.29, 0.717) is 23.3 Å². The van der Waals surface area contributed by atoms with Crippen molar-refractivity contribution in [3.8, 4) is 22.8 Å². The summed E-state index contributed by atoms with van der Waals surface area (Å²) >= 11 is 0. The van der Waals surface area contributed by atoms with Crippen molar-refractivity contribution in [2.75, 3.05) is 33.1 Å². The minimum atomic E-state index is 0.0422. The fraction of sp³-hybridized carbons (Fsp3) is 0.458. The Morgan fingerprint density at radius 3 is 2.84 bits per heavy atom. The van der Waals surface area contributed by atoms with Gasteiger partial charge in [0.15, 0.2) is 0 Å². The Hall–Kier alpha value is -3.13. The summed E-state index contributed by atoms with van der Waals surface area (Å²) in [5.41, 5.74) is 2.42. The first kappa shape index (κ1) is 20.8. The van der Waals surface area contributed by atoms with Crippen LogP contribution in [0.4, 0.5) is 5.82 Å². The zero-order valence-electron chi connectivity index (χ0n) is 18.7. The standard InChI is InChI=1S/C24H29N5O3/c1-29(2)13-14-11-17(14)23(30)28-20-8-7-16-18(12-26-22(16)27-20)21-19(32-15-5-4-6-15)9-10-25-24(21)31-3/h7-10,12,14-15,17H,4-6,11,13H2,1-3H3,(H2,26,27,28,30). The van der Waals surface area contributed by atoms with Gasteiger partial charge < -0.3 is 24.7 Å². The first-order chi connectivity index (χ1) is 15.5. The number of fused-ring (bicyclic) bond motifs is 1. The molecular formula is C24H29N5O3. The number of hydrogen-bond donors (Lipinski definition) is 2. The van der Waals surface area contributed by atoms with Gasteiger partial charge in [-0.15, -0.1) is 0 Å². The molecule has 3 heterocycles. The molecule has 8 nitrogen and oxygen atoms in total. The average molecular weight is 436 g/mol. The van der Waals surface area contributed by atoms with Crippen LogP contribution in [0, 0.1) is 11.8 Å². The number of ether oxygens (including phenoxy) is 2. The van der Waals surface area contributed by atoms with Crippen molar-refractivity contribution in [2.45, 2.75) is 31.8 Å². The quantitative estimate of drug-likeness (QED) is 0.561. The topological polar surface area (TPSA) is 92.4 Å². The number of nitrogens with zero attached hydrogens (tertiary/aromatic N) is 3. The third-order valence-corrected chi connectivity index (χ3v) is 6.34. The van der Waals surface area contributed by atoms with E-state index in [1.165, 1.54) is 6.42 Å². The number of carbonyl (C=O) groups excluding carboxylic acids is 1. The van der Waals surface area contributed by atoms with Crippen molar-refractivity contribution in [3.63, 3.8) is 0 Å². The Kier molecular flexibility index (Phi) is 5.46. The Labute approximate surface area is 187 Å². The Bertz CT molecular complexity index is 1140. The molecule has 2 unspecified atom stereocenters. The van der Waals surface area contributed by atoms with Crippen molar-refractivity contribution in [2.24, 2.45) is 11.8 Å². The van der Waals surface area contributed by atoms with Crippen LogP contribution in [-0.4, -0.2) is 59.6 Å². The Balaban J connectivity index is 1.40. The zero-order valence-corrected chi connectivity index (χ0v) is 18.7. The molecule has 2 aliphatic carbocycles. The molecule has 3 aromatic rings. The molecule has 2 atom stereocenters. The first-order valence-corrected chi connectivity index (χ1v) is 11.2. The number of H-pyrrole nitrogens is 1. The van der Waals surface area contributed by atoms with E-state index < -0.39 is 0 Å². The number of methoxy groups -OCH3 is 1. The molecule has 5 rings (SSSR count). The minimum absolute atomic E-state index is 0.0422. The normalized spacial score (nSPS) is 20.2. The van der Waals surface area contributed by atoms with Crippen LogP contribution in [0.25, 0.3) is 22.2 Å². The van der Waals surface area contributed by atoms with Crippen LogP contribution < -0.4 is 14.8 Å². The van der Waals surface area contributed by atoms with E-state index in [1.807, 2.05) is 38.5 Å². The average Bonchev–Trinajstić information content (AvgIpc) is 3.38. The van der Waals surface area contributed by atoms with Crippen LogP contribution >= 0.6 is 0 Å². The number of amides is 1. The van der Waals surface area contributed by atoms with Gasteiger partial charge in [0.1, 0.15) is 17.2 Å². The summed E-state index contributed by atoms with van der Waals surface area (Å²) in [5, 5.41) is 3.89. The highest BCUT2D eigenvalue weighted by atomic mass is 16.5. The molecule has 0 saturated heterocycles. The lowest BCUT2D eigenvalue weighted by Crippen LogP contribution is -2.24. The summed E-state index contributed by atoms with van der Waals surface area (Å²) < 4.78 is 11.8. The SMILES string of the molecule is COc1nccc(OC2CCC2)c1-c1c[nH]c2nc(NC(=O)C3CC3CN(C)C)ccc12. The number of carbonyl (C=O) groups is 1. The van der Waals surface area contributed by atoms with Crippen molar-refractivity contribution < 1.29 is 14.3 Å². The maximum absolute atomic E-state index is 12.6. The zero-order chi connectivity index (χ0) is 22.2. The first-order valence-electron chi connectivity index (χ1n) is 11.2. The molecule has 2 aliphatic rings. The largest absolute Gasteiger partial charge is 0.490 e. The molecule has 2 saturated carbocycles. The second-order valence-corrected chi connectivity index (χ2v) is 9.01. The predicted molar refractivity (Wildman–Crippen MR) is 123 cm³/mol. The highest BCUT2D eigenvalue weighted by Gasteiger charge is 2.43. The summed E-state index contributed by atoms with van der Waals surface area (Å²) in [4.78, 5) is 26.9. The van der Waals surface area contributed by atoms with E-state index in [1.54, 1.807) is 13.3 Å². The van der Waals surface area contributed by atoms with E-state index in [0.717, 1.165) is 48.1 Å². The van der Waals surface area contributed by atoms with Gasteiger partial charge in [-0.05, 0) is 63.9 Å². The molecule has 2 N–H and O–H groups in total. The van der Waals surface area contributed by atoms with E-state index in [4.69, 9.17) is 9.47 Å². The van der Waals surface area contributed by atoms with Crippen LogP contribution in [-0.2, 0) is 4.79 Å². The summed E-state index contributed by atoms with van der Waals surface area (Å²) in [6.07, 6.45) is 8.11. The second-order valence-electron chi connectivity index (χ2n) is 9.01. The lowest BCUT2D eigenvalue weighted by atomic mass is 9.96. The lowest BCUT2D eigenvalue weighted by Gasteiger charge is -2.27. The lowest BCUT2D eigenvalue weighted by molar-refractivity contribution is -0.117. The highest BCUT2D eigenvalue weighted by molar-refractivity contribution is 5.99. The molecule has 0 aliphatic heterocycles. The minimum Gasteiger partial charge on any atom is -0.490 e. The predicted octanol–water partition coefficient (Wildman–Crippen LogP) is 3.70. The van der Waals surface area contributed by atoms with E-state index >= 15 is 0 Å². The molecule has 2 fully saturated rings. The van der Waals surface area contributed by atoms with Gasteiger partial charge in [0, 0.05) is 35.8 Å². The van der Waals surface area contributed by atoms with Gasteiger partial charge in [0.05, 0.1) is 18.8 Å². The highest BCUT2D eigenvalue weighted by Crippen LogP contribution is 2.42. The number of aromatic nitrogens is 3. The molecule has 0 radical (unpaired) electrons. The maximum atomic E-state index is 12.6. The number of pyridine rings is 2. The van der Waals surface area contributed by atoms with Crippen molar-refractivity contribution >= 4 is 22.8 Å². The summed E-state index contributed by atoms with van der Waals surface area (Å²) in [6.45, 7) is 0.933. The number of aromatic amines is 1. The molecule has 8 heteroatoms. The van der Waals surface area contributed by atoms with Gasteiger partial charge >= 0.3 is 0 Å². The van der Waals surface area contributed by atoms with Gasteiger partial charge in [0.2, 0.25) is 11.8 Å². The summed E-state index contributed by atoms with van der Waals surface area (Å²) in [7, 11) is 5.68. The monoisotopic (exact) mass is 435 g/mol. The van der Waals surface area contributed by atoms with Gasteiger partial charge in [-0.2, -0.15) is 0 Å². The number of hydrogen-bond acceptors (Lipinski definition) is 6. The van der Waals surface area contributed by atoms with E-state index in [-0.39, 0.29) is 17.9 Å². The van der Waals surface area contributed by atoms with Crippen LogP contribution in [0.15, 0.2) is 30.6 Å². The van der Waals surface area contributed by atoms with Crippen LogP contribution in [0.5, 0.6) is 11.6 Å². The van der Waals surface area contributed by atoms with Gasteiger partial charge in [0.25, 0.3) is 0 Å². The van der Waals surface area contributed by atoms with Crippen LogP contribution in [0.3, 0.4) is 0 Å². The van der Waals surface area contributed by atoms with Crippen molar-refractivity contribution in [1.82, 2.24) is 19.9 Å². The van der Waals surface area contributed by atoms with Gasteiger partial charge in [-0.1, -0.05) is 0 Å². The molecule has 32 heavy (non-hydrogen) atoms. The molecule has 0 aromatic carbocycles. The van der Waals surface area contributed by atoms with Gasteiger partial charge in [-0.3, -0.25) is 4.79 Å². The smallest absolute Gasteiger partial charge is 0.228 e. The summed E-state index contributed by atoms with van der Waals surface area (Å²) in [5.74, 6) is 2.37. The molecule has 0 bridgehead atoms. The van der Waals surface area contributed by atoms with Gasteiger partial charge in [-0.25, -0.2) is 9.97 Å². The fourth-order valence-electron chi connectivity index (χ4n) is 4.33.